The molecule has 2 rings (SSSR count). The lowest BCUT2D eigenvalue weighted by Crippen LogP contribution is -2.34. The summed E-state index contributed by atoms with van der Waals surface area (Å²) >= 11 is 0. The molecule has 0 aromatic rings. The second-order valence-electron chi connectivity index (χ2n) is 4.99. The molecule has 2 fully saturated rings. The molecule has 0 bridgehead atoms. The highest BCUT2D eigenvalue weighted by Crippen LogP contribution is 2.61. The van der Waals surface area contributed by atoms with Crippen LogP contribution in [-0.2, 0) is 0 Å². The van der Waals surface area contributed by atoms with Crippen LogP contribution in [0.5, 0.6) is 0 Å². The standard InChI is InChI=1S/C11H20O/c1-8-9(2)11(5-6-11)4-3-10(8)7-12/h8-10,12H,3-7H2,1-2H3/t8-,9+,10-/m1/s1. The van der Waals surface area contributed by atoms with Crippen LogP contribution in [-0.4, -0.2) is 11.7 Å². The second-order valence-corrected chi connectivity index (χ2v) is 4.99. The lowest BCUT2D eigenvalue weighted by Gasteiger charge is -2.39. The SMILES string of the molecule is C[C@H]1[C@@H](CO)CCC2(CC2)[C@H]1C. The Morgan fingerprint density at radius 3 is 2.42 bits per heavy atom. The van der Waals surface area contributed by atoms with E-state index in [4.69, 9.17) is 5.11 Å². The first kappa shape index (κ1) is 8.55. The summed E-state index contributed by atoms with van der Waals surface area (Å²) in [5, 5.41) is 9.17. The molecule has 1 heteroatoms. The van der Waals surface area contributed by atoms with Gasteiger partial charge >= 0.3 is 0 Å². The van der Waals surface area contributed by atoms with Gasteiger partial charge in [0.15, 0.2) is 0 Å². The van der Waals surface area contributed by atoms with Gasteiger partial charge in [-0.25, -0.2) is 0 Å². The summed E-state index contributed by atoms with van der Waals surface area (Å²) in [5.41, 5.74) is 0.727. The van der Waals surface area contributed by atoms with Gasteiger partial charge in [0, 0.05) is 6.61 Å². The summed E-state index contributed by atoms with van der Waals surface area (Å²) in [6.07, 6.45) is 5.55. The zero-order valence-corrected chi connectivity index (χ0v) is 8.21. The number of hydrogen-bond acceptors (Lipinski definition) is 1. The third-order valence-electron chi connectivity index (χ3n) is 4.64. The third-order valence-corrected chi connectivity index (χ3v) is 4.64. The first-order valence-corrected chi connectivity index (χ1v) is 5.30. The number of aliphatic hydroxyl groups is 1. The maximum absolute atomic E-state index is 9.17. The molecule has 3 atom stereocenters. The van der Waals surface area contributed by atoms with Crippen molar-refractivity contribution >= 4 is 0 Å². The molecule has 0 aliphatic heterocycles. The fourth-order valence-corrected chi connectivity index (χ4v) is 3.05. The maximum atomic E-state index is 9.17. The summed E-state index contributed by atoms with van der Waals surface area (Å²) in [4.78, 5) is 0. The van der Waals surface area contributed by atoms with Crippen molar-refractivity contribution in [3.05, 3.63) is 0 Å². The Kier molecular flexibility index (Phi) is 1.95. The normalized spacial score (nSPS) is 44.8. The van der Waals surface area contributed by atoms with Crippen LogP contribution in [0.4, 0.5) is 0 Å². The molecule has 0 saturated heterocycles. The van der Waals surface area contributed by atoms with Gasteiger partial charge in [0.25, 0.3) is 0 Å². The maximum Gasteiger partial charge on any atom is 0.0461 e. The molecular weight excluding hydrogens is 148 g/mol. The van der Waals surface area contributed by atoms with Gasteiger partial charge in [0.1, 0.15) is 0 Å². The minimum Gasteiger partial charge on any atom is -0.396 e. The van der Waals surface area contributed by atoms with Crippen molar-refractivity contribution in [1.29, 1.82) is 0 Å². The largest absolute Gasteiger partial charge is 0.396 e. The average Bonchev–Trinajstić information content (AvgIpc) is 2.83. The highest BCUT2D eigenvalue weighted by molar-refractivity contribution is 5.02. The number of hydrogen-bond donors (Lipinski definition) is 1. The van der Waals surface area contributed by atoms with Crippen molar-refractivity contribution in [2.45, 2.75) is 39.5 Å². The first-order chi connectivity index (χ1) is 5.69. The molecule has 12 heavy (non-hydrogen) atoms. The van der Waals surface area contributed by atoms with Gasteiger partial charge in [0.05, 0.1) is 0 Å². The Hall–Kier alpha value is -0.0400. The summed E-state index contributed by atoms with van der Waals surface area (Å²) in [5.74, 6) is 2.18. The first-order valence-electron chi connectivity index (χ1n) is 5.30. The van der Waals surface area contributed by atoms with Crippen LogP contribution in [0.25, 0.3) is 0 Å². The molecule has 70 valence electrons. The topological polar surface area (TPSA) is 20.2 Å². The average molecular weight is 168 g/mol. The minimum atomic E-state index is 0.404. The second kappa shape index (κ2) is 2.73. The highest BCUT2D eigenvalue weighted by Gasteiger charge is 2.52. The molecule has 0 aromatic heterocycles. The Labute approximate surface area is 75.2 Å². The van der Waals surface area contributed by atoms with Crippen LogP contribution in [0, 0.1) is 23.2 Å². The molecule has 0 unspecified atom stereocenters. The molecule has 1 spiro atoms. The van der Waals surface area contributed by atoms with Crippen LogP contribution in [0.1, 0.15) is 39.5 Å². The zero-order chi connectivity index (χ0) is 8.77. The zero-order valence-electron chi connectivity index (χ0n) is 8.21. The molecule has 0 radical (unpaired) electrons. The van der Waals surface area contributed by atoms with E-state index in [9.17, 15) is 0 Å². The van der Waals surface area contributed by atoms with Crippen molar-refractivity contribution < 1.29 is 5.11 Å². The molecular formula is C11H20O. The summed E-state index contributed by atoms with van der Waals surface area (Å²) in [6, 6.07) is 0. The van der Waals surface area contributed by atoms with Gasteiger partial charge in [-0.1, -0.05) is 13.8 Å². The molecule has 0 aromatic carbocycles. The van der Waals surface area contributed by atoms with Gasteiger partial charge in [-0.2, -0.15) is 0 Å². The van der Waals surface area contributed by atoms with Crippen LogP contribution < -0.4 is 0 Å². The Bertz CT molecular complexity index is 172. The lowest BCUT2D eigenvalue weighted by molar-refractivity contribution is 0.0574. The van der Waals surface area contributed by atoms with Gasteiger partial charge in [-0.15, -0.1) is 0 Å². The molecule has 2 aliphatic rings. The van der Waals surface area contributed by atoms with E-state index in [2.05, 4.69) is 13.8 Å². The van der Waals surface area contributed by atoms with Crippen molar-refractivity contribution in [3.8, 4) is 0 Å². The quantitative estimate of drug-likeness (QED) is 0.637. The Morgan fingerprint density at radius 2 is 1.92 bits per heavy atom. The van der Waals surface area contributed by atoms with Crippen molar-refractivity contribution in [2.24, 2.45) is 23.2 Å². The highest BCUT2D eigenvalue weighted by atomic mass is 16.3. The number of rotatable bonds is 1. The number of aliphatic hydroxyl groups excluding tert-OH is 1. The van der Waals surface area contributed by atoms with Gasteiger partial charge < -0.3 is 5.11 Å². The molecule has 0 heterocycles. The predicted octanol–water partition coefficient (Wildman–Crippen LogP) is 2.44. The van der Waals surface area contributed by atoms with Crippen LogP contribution in [0.3, 0.4) is 0 Å². The van der Waals surface area contributed by atoms with Crippen molar-refractivity contribution in [2.75, 3.05) is 6.61 Å². The van der Waals surface area contributed by atoms with E-state index in [1.165, 1.54) is 25.7 Å². The Balaban J connectivity index is 2.05. The van der Waals surface area contributed by atoms with E-state index in [-0.39, 0.29) is 0 Å². The third kappa shape index (κ3) is 1.10. The molecule has 0 amide bonds. The predicted molar refractivity (Wildman–Crippen MR) is 49.8 cm³/mol. The van der Waals surface area contributed by atoms with E-state index in [1.807, 2.05) is 0 Å². The van der Waals surface area contributed by atoms with Gasteiger partial charge in [0.2, 0.25) is 0 Å². The lowest BCUT2D eigenvalue weighted by atomic mass is 9.66. The summed E-state index contributed by atoms with van der Waals surface area (Å²) in [6.45, 7) is 5.12. The van der Waals surface area contributed by atoms with Gasteiger partial charge in [-0.05, 0) is 48.9 Å². The minimum absolute atomic E-state index is 0.404. The van der Waals surface area contributed by atoms with E-state index in [1.54, 1.807) is 0 Å². The monoisotopic (exact) mass is 168 g/mol. The van der Waals surface area contributed by atoms with E-state index < -0.39 is 0 Å². The van der Waals surface area contributed by atoms with Crippen molar-refractivity contribution in [1.82, 2.24) is 0 Å². The molecule has 2 aliphatic carbocycles. The van der Waals surface area contributed by atoms with Gasteiger partial charge in [-0.3, -0.25) is 0 Å². The summed E-state index contributed by atoms with van der Waals surface area (Å²) in [7, 11) is 0. The van der Waals surface area contributed by atoms with Crippen molar-refractivity contribution in [3.63, 3.8) is 0 Å². The van der Waals surface area contributed by atoms with Crippen LogP contribution >= 0.6 is 0 Å². The van der Waals surface area contributed by atoms with E-state index >= 15 is 0 Å². The molecule has 1 N–H and O–H groups in total. The Morgan fingerprint density at radius 1 is 1.25 bits per heavy atom. The smallest absolute Gasteiger partial charge is 0.0461 e. The summed E-state index contributed by atoms with van der Waals surface area (Å²) < 4.78 is 0. The van der Waals surface area contributed by atoms with E-state index in [0.29, 0.717) is 12.5 Å². The van der Waals surface area contributed by atoms with Crippen LogP contribution in [0.2, 0.25) is 0 Å². The van der Waals surface area contributed by atoms with Crippen LogP contribution in [0.15, 0.2) is 0 Å². The van der Waals surface area contributed by atoms with E-state index in [0.717, 1.165) is 17.3 Å². The molecule has 2 saturated carbocycles. The fourth-order valence-electron chi connectivity index (χ4n) is 3.05. The fraction of sp³-hybridized carbons (Fsp3) is 1.00. The molecule has 1 nitrogen and oxygen atoms in total.